The Hall–Kier alpha value is -2.08. The Morgan fingerprint density at radius 2 is 2.13 bits per heavy atom. The molecule has 2 heterocycles. The average molecular weight is 329 g/mol. The lowest BCUT2D eigenvalue weighted by molar-refractivity contribution is -0.116. The molecule has 5 nitrogen and oxygen atoms in total. The van der Waals surface area contributed by atoms with E-state index in [2.05, 4.69) is 16.0 Å². The Labute approximate surface area is 139 Å². The number of carbonyl (C=O) groups is 1. The number of fused-ring (bicyclic) bond motifs is 1. The first-order valence-electron chi connectivity index (χ1n) is 7.65. The molecule has 2 aromatic rings. The number of nitrogens with zero attached hydrogens (tertiary/aromatic N) is 2. The van der Waals surface area contributed by atoms with Gasteiger partial charge in [0.2, 0.25) is 5.91 Å². The third kappa shape index (κ3) is 3.32. The van der Waals surface area contributed by atoms with Gasteiger partial charge in [-0.1, -0.05) is 30.0 Å². The summed E-state index contributed by atoms with van der Waals surface area (Å²) in [6.07, 6.45) is 1.99. The zero-order chi connectivity index (χ0) is 16.4. The first kappa shape index (κ1) is 15.8. The average Bonchev–Trinajstić information content (AvgIpc) is 2.57. The number of hydrogen-bond acceptors (Lipinski definition) is 4. The van der Waals surface area contributed by atoms with Crippen molar-refractivity contribution in [2.24, 2.45) is 0 Å². The maximum Gasteiger partial charge on any atom is 0.254 e. The van der Waals surface area contributed by atoms with E-state index in [0.29, 0.717) is 16.4 Å². The minimum atomic E-state index is -0.143. The fourth-order valence-electron chi connectivity index (χ4n) is 2.69. The molecule has 1 aromatic heterocycles. The van der Waals surface area contributed by atoms with Crippen LogP contribution in [0.25, 0.3) is 0 Å². The van der Waals surface area contributed by atoms with Crippen LogP contribution >= 0.6 is 11.8 Å². The molecule has 0 saturated heterocycles. The molecule has 1 amide bonds. The zero-order valence-corrected chi connectivity index (χ0v) is 14.1. The molecule has 0 spiro atoms. The number of aryl methyl sites for hydroxylation is 2. The number of H-pyrrole nitrogens is 1. The molecule has 1 aliphatic rings. The van der Waals surface area contributed by atoms with Crippen LogP contribution in [0.5, 0.6) is 0 Å². The summed E-state index contributed by atoms with van der Waals surface area (Å²) >= 11 is 1.28. The number of rotatable bonds is 3. The molecule has 1 N–H and O–H groups in total. The van der Waals surface area contributed by atoms with Crippen LogP contribution in [-0.4, -0.2) is 28.2 Å². The van der Waals surface area contributed by atoms with Crippen molar-refractivity contribution in [2.75, 3.05) is 17.2 Å². The molecular weight excluding hydrogens is 310 g/mol. The van der Waals surface area contributed by atoms with E-state index >= 15 is 0 Å². The van der Waals surface area contributed by atoms with Crippen LogP contribution in [-0.2, 0) is 11.2 Å². The molecule has 1 aliphatic heterocycles. The second-order valence-corrected chi connectivity index (χ2v) is 6.61. The van der Waals surface area contributed by atoms with E-state index in [-0.39, 0.29) is 17.2 Å². The van der Waals surface area contributed by atoms with Crippen LogP contribution in [0.2, 0.25) is 0 Å². The predicted octanol–water partition coefficient (Wildman–Crippen LogP) is 2.46. The Balaban J connectivity index is 1.73. The highest BCUT2D eigenvalue weighted by Crippen LogP contribution is 2.27. The minimum Gasteiger partial charge on any atom is -0.311 e. The lowest BCUT2D eigenvalue weighted by atomic mass is 10.0. The summed E-state index contributed by atoms with van der Waals surface area (Å²) in [5, 5.41) is 0.497. The summed E-state index contributed by atoms with van der Waals surface area (Å²) in [4.78, 5) is 33.2. The highest BCUT2D eigenvalue weighted by molar-refractivity contribution is 7.99. The van der Waals surface area contributed by atoms with Gasteiger partial charge in [-0.2, -0.15) is 0 Å². The molecule has 0 fully saturated rings. The van der Waals surface area contributed by atoms with Gasteiger partial charge in [-0.25, -0.2) is 4.98 Å². The van der Waals surface area contributed by atoms with E-state index in [1.54, 1.807) is 13.8 Å². The number of thioether (sulfide) groups is 1. The van der Waals surface area contributed by atoms with Gasteiger partial charge in [0.05, 0.1) is 5.75 Å². The summed E-state index contributed by atoms with van der Waals surface area (Å²) in [6, 6.07) is 8.03. The van der Waals surface area contributed by atoms with Crippen LogP contribution in [0.15, 0.2) is 34.2 Å². The van der Waals surface area contributed by atoms with Crippen LogP contribution in [0, 0.1) is 13.8 Å². The molecular formula is C17H19N3O2S. The van der Waals surface area contributed by atoms with E-state index < -0.39 is 0 Å². The Morgan fingerprint density at radius 3 is 2.91 bits per heavy atom. The third-order valence-electron chi connectivity index (χ3n) is 4.12. The quantitative estimate of drug-likeness (QED) is 0.694. The van der Waals surface area contributed by atoms with Crippen molar-refractivity contribution in [3.63, 3.8) is 0 Å². The normalized spacial score (nSPS) is 13.7. The van der Waals surface area contributed by atoms with Crippen LogP contribution in [0.3, 0.4) is 0 Å². The van der Waals surface area contributed by atoms with Gasteiger partial charge in [0.15, 0.2) is 5.16 Å². The number of aromatic nitrogens is 2. The molecule has 0 saturated carbocycles. The second kappa shape index (κ2) is 6.58. The molecule has 0 aliphatic carbocycles. The summed E-state index contributed by atoms with van der Waals surface area (Å²) in [6.45, 7) is 4.29. The molecule has 0 radical (unpaired) electrons. The van der Waals surface area contributed by atoms with Crippen molar-refractivity contribution < 1.29 is 4.79 Å². The third-order valence-corrected chi connectivity index (χ3v) is 4.97. The summed E-state index contributed by atoms with van der Waals surface area (Å²) in [5.74, 6) is 0.308. The molecule has 3 rings (SSSR count). The topological polar surface area (TPSA) is 66.1 Å². The van der Waals surface area contributed by atoms with Gasteiger partial charge in [0.25, 0.3) is 5.56 Å². The van der Waals surface area contributed by atoms with Gasteiger partial charge in [-0.15, -0.1) is 0 Å². The zero-order valence-electron chi connectivity index (χ0n) is 13.3. The standard InChI is InChI=1S/C17H19N3O2S/c1-11-12(2)18-17(19-16(11)22)23-10-15(21)20-9-5-7-13-6-3-4-8-14(13)20/h3-4,6,8H,5,7,9-10H2,1-2H3,(H,18,19,22). The Morgan fingerprint density at radius 1 is 1.35 bits per heavy atom. The highest BCUT2D eigenvalue weighted by atomic mass is 32.2. The largest absolute Gasteiger partial charge is 0.311 e. The lowest BCUT2D eigenvalue weighted by Crippen LogP contribution is -2.36. The second-order valence-electron chi connectivity index (χ2n) is 5.65. The van der Waals surface area contributed by atoms with E-state index in [9.17, 15) is 9.59 Å². The maximum atomic E-state index is 12.6. The number of nitrogens with one attached hydrogen (secondary N) is 1. The number of carbonyl (C=O) groups excluding carboxylic acids is 1. The van der Waals surface area contributed by atoms with Gasteiger partial charge in [-0.05, 0) is 38.3 Å². The molecule has 6 heteroatoms. The van der Waals surface area contributed by atoms with Crippen LogP contribution in [0.4, 0.5) is 5.69 Å². The lowest BCUT2D eigenvalue weighted by Gasteiger charge is -2.29. The Bertz CT molecular complexity index is 801. The smallest absolute Gasteiger partial charge is 0.254 e. The molecule has 23 heavy (non-hydrogen) atoms. The van der Waals surface area contributed by atoms with Gasteiger partial charge >= 0.3 is 0 Å². The van der Waals surface area contributed by atoms with Crippen LogP contribution in [0.1, 0.15) is 23.2 Å². The molecule has 0 unspecified atom stereocenters. The van der Waals surface area contributed by atoms with Gasteiger partial charge in [-0.3, -0.25) is 9.59 Å². The SMILES string of the molecule is Cc1nc(SCC(=O)N2CCCc3ccccc32)[nH]c(=O)c1C. The number of aromatic amines is 1. The fourth-order valence-corrected chi connectivity index (χ4v) is 3.47. The number of anilines is 1. The van der Waals surface area contributed by atoms with E-state index in [1.165, 1.54) is 17.3 Å². The minimum absolute atomic E-state index is 0.0445. The predicted molar refractivity (Wildman–Crippen MR) is 92.2 cm³/mol. The van der Waals surface area contributed by atoms with Crippen molar-refractivity contribution in [3.8, 4) is 0 Å². The first-order valence-corrected chi connectivity index (χ1v) is 8.63. The van der Waals surface area contributed by atoms with Crippen molar-refractivity contribution in [1.29, 1.82) is 0 Å². The summed E-state index contributed by atoms with van der Waals surface area (Å²) < 4.78 is 0. The molecule has 120 valence electrons. The number of benzene rings is 1. The number of amides is 1. The van der Waals surface area contributed by atoms with Crippen molar-refractivity contribution in [1.82, 2.24) is 9.97 Å². The summed E-state index contributed by atoms with van der Waals surface area (Å²) in [7, 11) is 0. The van der Waals surface area contributed by atoms with E-state index in [4.69, 9.17) is 0 Å². The number of para-hydroxylation sites is 1. The monoisotopic (exact) mass is 329 g/mol. The fraction of sp³-hybridized carbons (Fsp3) is 0.353. The molecule has 0 bridgehead atoms. The molecule has 0 atom stereocenters. The van der Waals surface area contributed by atoms with Crippen molar-refractivity contribution in [2.45, 2.75) is 31.8 Å². The van der Waals surface area contributed by atoms with Crippen molar-refractivity contribution >= 4 is 23.4 Å². The maximum absolute atomic E-state index is 12.6. The van der Waals surface area contributed by atoms with Gasteiger partial charge in [0, 0.05) is 23.5 Å². The first-order chi connectivity index (χ1) is 11.1. The number of hydrogen-bond donors (Lipinski definition) is 1. The summed E-state index contributed by atoms with van der Waals surface area (Å²) in [5.41, 5.74) is 3.40. The van der Waals surface area contributed by atoms with Gasteiger partial charge in [0.1, 0.15) is 0 Å². The van der Waals surface area contributed by atoms with Crippen LogP contribution < -0.4 is 10.5 Å². The molecule has 1 aromatic carbocycles. The highest BCUT2D eigenvalue weighted by Gasteiger charge is 2.22. The van der Waals surface area contributed by atoms with E-state index in [1.807, 2.05) is 23.1 Å². The van der Waals surface area contributed by atoms with Crippen molar-refractivity contribution in [3.05, 3.63) is 51.4 Å². The van der Waals surface area contributed by atoms with E-state index in [0.717, 1.165) is 25.1 Å². The Kier molecular flexibility index (Phi) is 4.52. The van der Waals surface area contributed by atoms with Gasteiger partial charge < -0.3 is 9.88 Å².